The predicted molar refractivity (Wildman–Crippen MR) is 105 cm³/mol. The Labute approximate surface area is 170 Å². The molecule has 0 spiro atoms. The first kappa shape index (κ1) is 19.6. The normalized spacial score (nSPS) is 37.1. The fourth-order valence-corrected chi connectivity index (χ4v) is 7.88. The zero-order valence-electron chi connectivity index (χ0n) is 16.0. The second kappa shape index (κ2) is 6.38. The molecule has 0 radical (unpaired) electrons. The van der Waals surface area contributed by atoms with E-state index in [0.717, 1.165) is 0 Å². The van der Waals surface area contributed by atoms with E-state index in [2.05, 4.69) is 0 Å². The SMILES string of the molecule is COC(=O)[C@@]1(C)CC2C3SSC(C)(C(=O)N2C1c1ccc(F)cc1)N(C)C3=O. The third-order valence-electron chi connectivity index (χ3n) is 6.22. The van der Waals surface area contributed by atoms with Crippen LogP contribution in [0.25, 0.3) is 0 Å². The molecule has 2 bridgehead atoms. The van der Waals surface area contributed by atoms with Crippen molar-refractivity contribution in [2.45, 2.75) is 42.5 Å². The van der Waals surface area contributed by atoms with E-state index in [-0.39, 0.29) is 11.8 Å². The number of nitrogens with zero attached hydrogens (tertiary/aromatic N) is 2. The molecule has 5 rings (SSSR count). The van der Waals surface area contributed by atoms with Crippen LogP contribution in [0.3, 0.4) is 0 Å². The van der Waals surface area contributed by atoms with Gasteiger partial charge in [-0.15, -0.1) is 0 Å². The second-order valence-electron chi connectivity index (χ2n) is 7.83. The number of ether oxygens (including phenoxy) is 1. The smallest absolute Gasteiger partial charge is 0.314 e. The average molecular weight is 425 g/mol. The first-order chi connectivity index (χ1) is 13.1. The summed E-state index contributed by atoms with van der Waals surface area (Å²) >= 11 is 0. The van der Waals surface area contributed by atoms with Crippen LogP contribution in [0.4, 0.5) is 4.39 Å². The Bertz CT molecular complexity index is 866. The lowest BCUT2D eigenvalue weighted by Crippen LogP contribution is -2.55. The Balaban J connectivity index is 1.91. The summed E-state index contributed by atoms with van der Waals surface area (Å²) < 4.78 is 18.6. The third kappa shape index (κ3) is 2.45. The average Bonchev–Trinajstić information content (AvgIpc) is 2.92. The van der Waals surface area contributed by atoms with Gasteiger partial charge in [0.2, 0.25) is 5.91 Å². The van der Waals surface area contributed by atoms with Crippen LogP contribution >= 0.6 is 21.6 Å². The zero-order valence-corrected chi connectivity index (χ0v) is 17.6. The maximum atomic E-state index is 13.7. The Morgan fingerprint density at radius 2 is 1.89 bits per heavy atom. The Kier molecular flexibility index (Phi) is 4.46. The van der Waals surface area contributed by atoms with Crippen LogP contribution < -0.4 is 0 Å². The van der Waals surface area contributed by atoms with Crippen molar-refractivity contribution in [1.29, 1.82) is 0 Å². The lowest BCUT2D eigenvalue weighted by molar-refractivity contribution is -0.155. The maximum Gasteiger partial charge on any atom is 0.314 e. The van der Waals surface area contributed by atoms with Crippen molar-refractivity contribution in [3.8, 4) is 0 Å². The predicted octanol–water partition coefficient (Wildman–Crippen LogP) is 2.60. The van der Waals surface area contributed by atoms with Gasteiger partial charge in [-0.25, -0.2) is 4.39 Å². The van der Waals surface area contributed by atoms with Crippen LogP contribution in [-0.2, 0) is 19.1 Å². The van der Waals surface area contributed by atoms with Gasteiger partial charge >= 0.3 is 5.97 Å². The van der Waals surface area contributed by atoms with Crippen molar-refractivity contribution in [3.05, 3.63) is 35.6 Å². The molecule has 5 atom stereocenters. The molecule has 1 aromatic carbocycles. The highest BCUT2D eigenvalue weighted by Gasteiger charge is 2.66. The summed E-state index contributed by atoms with van der Waals surface area (Å²) in [6.45, 7) is 3.50. The summed E-state index contributed by atoms with van der Waals surface area (Å²) in [5.41, 5.74) is -0.384. The number of carbonyl (C=O) groups is 3. The summed E-state index contributed by atoms with van der Waals surface area (Å²) in [4.78, 5) is 41.6. The van der Waals surface area contributed by atoms with Gasteiger partial charge in [0.25, 0.3) is 5.91 Å². The van der Waals surface area contributed by atoms with Crippen molar-refractivity contribution in [2.24, 2.45) is 5.41 Å². The van der Waals surface area contributed by atoms with Gasteiger partial charge in [0.1, 0.15) is 11.1 Å². The summed E-state index contributed by atoms with van der Waals surface area (Å²) in [6.07, 6.45) is 0.307. The van der Waals surface area contributed by atoms with Gasteiger partial charge in [-0.05, 0) is 38.0 Å². The standard InChI is InChI=1S/C19H21FN2O4S2/c1-18(17(25)26-4)9-12-13-15(23)21(3)19(2,28-27-13)16(24)22(12)14(18)10-5-7-11(20)8-6-10/h5-8,12-14H,9H2,1-4H3/t12?,13?,14?,18-,19?/m0/s1. The molecule has 150 valence electrons. The molecule has 28 heavy (non-hydrogen) atoms. The molecule has 4 unspecified atom stereocenters. The van der Waals surface area contributed by atoms with Crippen LogP contribution in [0.5, 0.6) is 0 Å². The summed E-state index contributed by atoms with van der Waals surface area (Å²) in [5.74, 6) is -1.16. The Morgan fingerprint density at radius 1 is 1.25 bits per heavy atom. The molecule has 2 amide bonds. The molecular weight excluding hydrogens is 403 g/mol. The lowest BCUT2D eigenvalue weighted by atomic mass is 9.78. The molecule has 6 nitrogen and oxygen atoms in total. The van der Waals surface area contributed by atoms with Crippen molar-refractivity contribution in [2.75, 3.05) is 14.2 Å². The largest absolute Gasteiger partial charge is 0.469 e. The zero-order chi connectivity index (χ0) is 20.4. The van der Waals surface area contributed by atoms with E-state index in [1.54, 1.807) is 37.9 Å². The number of benzene rings is 1. The maximum absolute atomic E-state index is 13.7. The van der Waals surface area contributed by atoms with Crippen molar-refractivity contribution in [3.63, 3.8) is 0 Å². The first-order valence-electron chi connectivity index (χ1n) is 8.94. The van der Waals surface area contributed by atoms with Crippen LogP contribution in [0, 0.1) is 11.2 Å². The minimum absolute atomic E-state index is 0.112. The molecule has 4 aliphatic rings. The molecule has 9 heteroatoms. The fraction of sp³-hybridized carbons (Fsp3) is 0.526. The van der Waals surface area contributed by atoms with Crippen LogP contribution in [-0.4, -0.2) is 57.9 Å². The van der Waals surface area contributed by atoms with Gasteiger partial charge in [0.05, 0.1) is 24.6 Å². The molecule has 4 heterocycles. The van der Waals surface area contributed by atoms with Crippen LogP contribution in [0.1, 0.15) is 31.9 Å². The van der Waals surface area contributed by atoms with E-state index >= 15 is 0 Å². The molecule has 0 aromatic heterocycles. The fourth-order valence-electron chi connectivity index (χ4n) is 4.56. The molecular formula is C19H21FN2O4S2. The number of esters is 1. The van der Waals surface area contributed by atoms with Crippen molar-refractivity contribution in [1.82, 2.24) is 9.80 Å². The van der Waals surface area contributed by atoms with Crippen molar-refractivity contribution >= 4 is 39.4 Å². The van der Waals surface area contributed by atoms with Gasteiger partial charge in [-0.1, -0.05) is 33.7 Å². The van der Waals surface area contributed by atoms with E-state index in [1.165, 1.54) is 45.7 Å². The summed E-state index contributed by atoms with van der Waals surface area (Å²) in [5, 5.41) is -0.469. The number of amides is 2. The van der Waals surface area contributed by atoms with E-state index in [4.69, 9.17) is 4.74 Å². The second-order valence-corrected chi connectivity index (χ2v) is 10.6. The molecule has 4 saturated heterocycles. The first-order valence-corrected chi connectivity index (χ1v) is 11.2. The molecule has 4 aliphatic heterocycles. The number of hydrogen-bond acceptors (Lipinski definition) is 6. The highest BCUT2D eigenvalue weighted by molar-refractivity contribution is 8.77. The topological polar surface area (TPSA) is 66.9 Å². The lowest BCUT2D eigenvalue weighted by Gasteiger charge is -2.41. The number of carbonyl (C=O) groups excluding carboxylic acids is 3. The van der Waals surface area contributed by atoms with Gasteiger partial charge in [-0.3, -0.25) is 14.4 Å². The van der Waals surface area contributed by atoms with E-state index in [0.29, 0.717) is 12.0 Å². The molecule has 0 N–H and O–H groups in total. The van der Waals surface area contributed by atoms with Gasteiger partial charge < -0.3 is 14.5 Å². The van der Waals surface area contributed by atoms with Crippen molar-refractivity contribution < 1.29 is 23.5 Å². The number of rotatable bonds is 2. The van der Waals surface area contributed by atoms with Gasteiger partial charge in [0.15, 0.2) is 4.87 Å². The number of methoxy groups -OCH3 is 1. The number of hydrogen-bond donors (Lipinski definition) is 0. The van der Waals surface area contributed by atoms with E-state index in [1.807, 2.05) is 0 Å². The Morgan fingerprint density at radius 3 is 2.50 bits per heavy atom. The van der Waals surface area contributed by atoms with Crippen LogP contribution in [0.15, 0.2) is 24.3 Å². The van der Waals surface area contributed by atoms with E-state index < -0.39 is 39.4 Å². The molecule has 0 saturated carbocycles. The highest BCUT2D eigenvalue weighted by atomic mass is 33.1. The molecule has 4 fully saturated rings. The number of likely N-dealkylation sites (N-methyl/N-ethyl adjacent to an activating group) is 1. The van der Waals surface area contributed by atoms with E-state index in [9.17, 15) is 18.8 Å². The number of fused-ring (bicyclic) bond motifs is 2. The number of halogens is 1. The molecule has 0 aliphatic carbocycles. The van der Waals surface area contributed by atoms with Gasteiger partial charge in [-0.2, -0.15) is 0 Å². The quantitative estimate of drug-likeness (QED) is 0.537. The minimum atomic E-state index is -1.06. The molecule has 1 aromatic rings. The Hall–Kier alpha value is -1.74. The summed E-state index contributed by atoms with van der Waals surface area (Å²) in [7, 11) is 5.74. The minimum Gasteiger partial charge on any atom is -0.469 e. The highest BCUT2D eigenvalue weighted by Crippen LogP contribution is 2.60. The monoisotopic (exact) mass is 424 g/mol. The van der Waals surface area contributed by atoms with Gasteiger partial charge in [0, 0.05) is 7.05 Å². The third-order valence-corrected chi connectivity index (χ3v) is 9.70. The summed E-state index contributed by atoms with van der Waals surface area (Å²) in [6, 6.07) is 4.75. The van der Waals surface area contributed by atoms with Crippen LogP contribution in [0.2, 0.25) is 0 Å².